The standard InChI is InChI=1S/C10H15NO2/c1-8-3-4-9(13-8)5-11(2)6-10-7-12-10/h3-4,10H,5-7H2,1-2H3. The van der Waals surface area contributed by atoms with Crippen LogP contribution < -0.4 is 0 Å². The van der Waals surface area contributed by atoms with Gasteiger partial charge in [-0.05, 0) is 26.1 Å². The Kier molecular flexibility index (Phi) is 2.38. The summed E-state index contributed by atoms with van der Waals surface area (Å²) in [6.45, 7) is 4.75. The fourth-order valence-electron chi connectivity index (χ4n) is 1.42. The van der Waals surface area contributed by atoms with E-state index in [0.29, 0.717) is 6.10 Å². The summed E-state index contributed by atoms with van der Waals surface area (Å²) in [6, 6.07) is 4.02. The summed E-state index contributed by atoms with van der Waals surface area (Å²) in [7, 11) is 2.08. The minimum absolute atomic E-state index is 0.459. The Morgan fingerprint density at radius 1 is 1.54 bits per heavy atom. The van der Waals surface area contributed by atoms with E-state index in [1.54, 1.807) is 0 Å². The van der Waals surface area contributed by atoms with Crippen molar-refractivity contribution in [1.82, 2.24) is 4.90 Å². The van der Waals surface area contributed by atoms with Crippen molar-refractivity contribution in [3.8, 4) is 0 Å². The second-order valence-electron chi connectivity index (χ2n) is 3.66. The molecule has 1 unspecified atom stereocenters. The molecule has 0 aromatic carbocycles. The highest BCUT2D eigenvalue weighted by atomic mass is 16.6. The molecular formula is C10H15NO2. The Balaban J connectivity index is 1.82. The maximum atomic E-state index is 5.47. The molecule has 3 nitrogen and oxygen atoms in total. The highest BCUT2D eigenvalue weighted by Gasteiger charge is 2.24. The summed E-state index contributed by atoms with van der Waals surface area (Å²) in [5.41, 5.74) is 0. The minimum Gasteiger partial charge on any atom is -0.465 e. The van der Waals surface area contributed by atoms with Gasteiger partial charge < -0.3 is 9.15 Å². The van der Waals surface area contributed by atoms with Crippen LogP contribution in [0.4, 0.5) is 0 Å². The molecule has 0 spiro atoms. The van der Waals surface area contributed by atoms with E-state index in [0.717, 1.165) is 31.2 Å². The summed E-state index contributed by atoms with van der Waals surface area (Å²) >= 11 is 0. The molecule has 0 bridgehead atoms. The third-order valence-electron chi connectivity index (χ3n) is 2.14. The summed E-state index contributed by atoms with van der Waals surface area (Å²) in [5, 5.41) is 0. The first-order chi connectivity index (χ1) is 6.24. The van der Waals surface area contributed by atoms with E-state index in [1.807, 2.05) is 19.1 Å². The molecule has 1 saturated heterocycles. The van der Waals surface area contributed by atoms with Crippen LogP contribution >= 0.6 is 0 Å². The Morgan fingerprint density at radius 3 is 2.85 bits per heavy atom. The van der Waals surface area contributed by atoms with E-state index in [2.05, 4.69) is 11.9 Å². The normalized spacial score (nSPS) is 21.0. The first-order valence-electron chi connectivity index (χ1n) is 4.59. The molecule has 2 rings (SSSR count). The van der Waals surface area contributed by atoms with E-state index in [9.17, 15) is 0 Å². The molecule has 72 valence electrons. The number of hydrogen-bond donors (Lipinski definition) is 0. The van der Waals surface area contributed by atoms with Crippen LogP contribution in [-0.4, -0.2) is 31.2 Å². The average Bonchev–Trinajstić information content (AvgIpc) is 2.76. The Labute approximate surface area is 78.3 Å². The quantitative estimate of drug-likeness (QED) is 0.658. The van der Waals surface area contributed by atoms with Crippen LogP contribution in [0, 0.1) is 6.92 Å². The Bertz CT molecular complexity index is 278. The van der Waals surface area contributed by atoms with Gasteiger partial charge in [0, 0.05) is 6.54 Å². The molecule has 1 atom stereocenters. The van der Waals surface area contributed by atoms with Crippen LogP contribution in [0.1, 0.15) is 11.5 Å². The molecule has 1 aromatic heterocycles. The molecular weight excluding hydrogens is 166 g/mol. The van der Waals surface area contributed by atoms with E-state index >= 15 is 0 Å². The van der Waals surface area contributed by atoms with Crippen molar-refractivity contribution in [3.05, 3.63) is 23.7 Å². The molecule has 0 N–H and O–H groups in total. The molecule has 1 aliphatic rings. The van der Waals surface area contributed by atoms with Crippen molar-refractivity contribution < 1.29 is 9.15 Å². The third-order valence-corrected chi connectivity index (χ3v) is 2.14. The zero-order valence-corrected chi connectivity index (χ0v) is 8.12. The number of furan rings is 1. The van der Waals surface area contributed by atoms with Crippen molar-refractivity contribution in [2.24, 2.45) is 0 Å². The molecule has 1 aliphatic heterocycles. The van der Waals surface area contributed by atoms with E-state index in [-0.39, 0.29) is 0 Å². The zero-order valence-electron chi connectivity index (χ0n) is 8.12. The number of epoxide rings is 1. The first-order valence-corrected chi connectivity index (χ1v) is 4.59. The topological polar surface area (TPSA) is 28.9 Å². The largest absolute Gasteiger partial charge is 0.465 e. The molecule has 0 saturated carbocycles. The number of rotatable bonds is 4. The first kappa shape index (κ1) is 8.78. The smallest absolute Gasteiger partial charge is 0.118 e. The number of likely N-dealkylation sites (N-methyl/N-ethyl adjacent to an activating group) is 1. The van der Waals surface area contributed by atoms with Gasteiger partial charge in [-0.25, -0.2) is 0 Å². The van der Waals surface area contributed by atoms with Gasteiger partial charge in [0.1, 0.15) is 11.5 Å². The van der Waals surface area contributed by atoms with Crippen molar-refractivity contribution in [3.63, 3.8) is 0 Å². The van der Waals surface area contributed by atoms with Gasteiger partial charge in [-0.2, -0.15) is 0 Å². The van der Waals surface area contributed by atoms with Crippen molar-refractivity contribution in [1.29, 1.82) is 0 Å². The van der Waals surface area contributed by atoms with Gasteiger partial charge in [0.05, 0.1) is 19.3 Å². The van der Waals surface area contributed by atoms with Gasteiger partial charge in [0.25, 0.3) is 0 Å². The SMILES string of the molecule is Cc1ccc(CN(C)CC2CO2)o1. The van der Waals surface area contributed by atoms with Crippen LogP contribution in [0.15, 0.2) is 16.5 Å². The van der Waals surface area contributed by atoms with Crippen LogP contribution in [0.5, 0.6) is 0 Å². The maximum absolute atomic E-state index is 5.47. The molecule has 0 amide bonds. The molecule has 3 heteroatoms. The van der Waals surface area contributed by atoms with Crippen LogP contribution in [0.3, 0.4) is 0 Å². The summed E-state index contributed by atoms with van der Waals surface area (Å²) < 4.78 is 10.6. The Hall–Kier alpha value is -0.800. The van der Waals surface area contributed by atoms with Crippen LogP contribution in [-0.2, 0) is 11.3 Å². The number of nitrogens with zero attached hydrogens (tertiary/aromatic N) is 1. The lowest BCUT2D eigenvalue weighted by molar-refractivity contribution is 0.258. The monoisotopic (exact) mass is 181 g/mol. The number of hydrogen-bond acceptors (Lipinski definition) is 3. The van der Waals surface area contributed by atoms with Crippen LogP contribution in [0.25, 0.3) is 0 Å². The summed E-state index contributed by atoms with van der Waals surface area (Å²) in [6.07, 6.45) is 0.459. The minimum atomic E-state index is 0.459. The lowest BCUT2D eigenvalue weighted by Crippen LogP contribution is -2.22. The number of ether oxygens (including phenoxy) is 1. The van der Waals surface area contributed by atoms with Crippen LogP contribution in [0.2, 0.25) is 0 Å². The molecule has 0 radical (unpaired) electrons. The van der Waals surface area contributed by atoms with Gasteiger partial charge in [-0.1, -0.05) is 0 Å². The molecule has 13 heavy (non-hydrogen) atoms. The van der Waals surface area contributed by atoms with Gasteiger partial charge in [-0.15, -0.1) is 0 Å². The average molecular weight is 181 g/mol. The van der Waals surface area contributed by atoms with Gasteiger partial charge in [-0.3, -0.25) is 4.90 Å². The molecule has 1 fully saturated rings. The van der Waals surface area contributed by atoms with Crippen molar-refractivity contribution in [2.45, 2.75) is 19.6 Å². The number of aryl methyl sites for hydroxylation is 1. The summed E-state index contributed by atoms with van der Waals surface area (Å²) in [5.74, 6) is 2.01. The Morgan fingerprint density at radius 2 is 2.31 bits per heavy atom. The fourth-order valence-corrected chi connectivity index (χ4v) is 1.42. The zero-order chi connectivity index (χ0) is 9.26. The third kappa shape index (κ3) is 2.57. The predicted octanol–water partition coefficient (Wildman–Crippen LogP) is 1.42. The highest BCUT2D eigenvalue weighted by molar-refractivity contribution is 5.05. The maximum Gasteiger partial charge on any atom is 0.118 e. The predicted molar refractivity (Wildman–Crippen MR) is 49.5 cm³/mol. The lowest BCUT2D eigenvalue weighted by atomic mass is 10.4. The second-order valence-corrected chi connectivity index (χ2v) is 3.66. The van der Waals surface area contributed by atoms with E-state index in [4.69, 9.17) is 9.15 Å². The molecule has 0 aliphatic carbocycles. The van der Waals surface area contributed by atoms with Crippen molar-refractivity contribution >= 4 is 0 Å². The van der Waals surface area contributed by atoms with E-state index in [1.165, 1.54) is 0 Å². The van der Waals surface area contributed by atoms with Crippen molar-refractivity contribution in [2.75, 3.05) is 20.2 Å². The van der Waals surface area contributed by atoms with E-state index < -0.39 is 0 Å². The van der Waals surface area contributed by atoms with Gasteiger partial charge >= 0.3 is 0 Å². The second kappa shape index (κ2) is 3.52. The van der Waals surface area contributed by atoms with Gasteiger partial charge in [0.2, 0.25) is 0 Å². The molecule has 1 aromatic rings. The fraction of sp³-hybridized carbons (Fsp3) is 0.600. The van der Waals surface area contributed by atoms with Gasteiger partial charge in [0.15, 0.2) is 0 Å². The lowest BCUT2D eigenvalue weighted by Gasteiger charge is -2.12. The molecule has 2 heterocycles. The highest BCUT2D eigenvalue weighted by Crippen LogP contribution is 2.13. The summed E-state index contributed by atoms with van der Waals surface area (Å²) in [4.78, 5) is 2.22.